The van der Waals surface area contributed by atoms with Crippen LogP contribution in [0.5, 0.6) is 0 Å². The highest BCUT2D eigenvalue weighted by molar-refractivity contribution is 5.80. The van der Waals surface area contributed by atoms with Crippen molar-refractivity contribution in [2.24, 2.45) is 23.2 Å². The molecule has 0 aromatic carbocycles. The molecule has 0 atom stereocenters. The zero-order valence-electron chi connectivity index (χ0n) is 12.9. The van der Waals surface area contributed by atoms with E-state index in [9.17, 15) is 23.5 Å². The Hall–Kier alpha value is -1.20. The van der Waals surface area contributed by atoms with Crippen LogP contribution >= 0.6 is 0 Å². The Morgan fingerprint density at radius 2 is 1.45 bits per heavy atom. The molecule has 0 aromatic heterocycles. The molecule has 4 nitrogen and oxygen atoms in total. The summed E-state index contributed by atoms with van der Waals surface area (Å²) in [6.07, 6.45) is 5.40. The molecule has 0 spiro atoms. The van der Waals surface area contributed by atoms with Gasteiger partial charge in [-0.3, -0.25) is 4.79 Å². The first-order chi connectivity index (χ1) is 10.1. The summed E-state index contributed by atoms with van der Waals surface area (Å²) in [7, 11) is 0. The number of ether oxygens (including phenoxy) is 1. The van der Waals surface area contributed by atoms with Crippen molar-refractivity contribution in [1.82, 2.24) is 0 Å². The Morgan fingerprint density at radius 3 is 1.82 bits per heavy atom. The number of carbonyl (C=O) groups excluding carboxylic acids is 2. The summed E-state index contributed by atoms with van der Waals surface area (Å²) in [6, 6.07) is 0. The molecule has 4 rings (SSSR count). The lowest BCUT2D eigenvalue weighted by Gasteiger charge is -2.55. The van der Waals surface area contributed by atoms with Crippen LogP contribution in [0.3, 0.4) is 0 Å². The lowest BCUT2D eigenvalue weighted by Crippen LogP contribution is -2.59. The first kappa shape index (κ1) is 15.7. The summed E-state index contributed by atoms with van der Waals surface area (Å²) < 4.78 is 32.5. The minimum Gasteiger partial charge on any atom is -0.544 e. The average molecular weight is 315 g/mol. The minimum absolute atomic E-state index is 0.476. The number of rotatable bonds is 4. The third kappa shape index (κ3) is 2.22. The molecule has 0 unspecified atom stereocenters. The standard InChI is InChI=1S/C16H22F2O4/c1-14(2,16(17,18)12(19)20)22-13(21)15-6-9-3-10(7-15)5-11(4-9)8-15/h9-11H,3-8H2,1-2H3,(H,19,20)/p-1. The van der Waals surface area contributed by atoms with Gasteiger partial charge < -0.3 is 14.6 Å². The van der Waals surface area contributed by atoms with Gasteiger partial charge in [0.15, 0.2) is 5.60 Å². The van der Waals surface area contributed by atoms with Crippen molar-refractivity contribution in [1.29, 1.82) is 0 Å². The third-order valence-electron chi connectivity index (χ3n) is 5.83. The summed E-state index contributed by atoms with van der Waals surface area (Å²) in [4.78, 5) is 23.3. The number of halogens is 2. The molecule has 4 aliphatic carbocycles. The number of hydrogen-bond donors (Lipinski definition) is 0. The maximum Gasteiger partial charge on any atom is 0.325 e. The molecule has 0 radical (unpaired) electrons. The third-order valence-corrected chi connectivity index (χ3v) is 5.83. The minimum atomic E-state index is -4.22. The van der Waals surface area contributed by atoms with Crippen molar-refractivity contribution in [3.63, 3.8) is 0 Å². The van der Waals surface area contributed by atoms with Gasteiger partial charge in [-0.1, -0.05) is 0 Å². The molecule has 0 N–H and O–H groups in total. The predicted molar refractivity (Wildman–Crippen MR) is 70.7 cm³/mol. The van der Waals surface area contributed by atoms with Crippen molar-refractivity contribution in [3.8, 4) is 0 Å². The number of aliphatic carboxylic acids is 1. The fourth-order valence-electron chi connectivity index (χ4n) is 5.01. The van der Waals surface area contributed by atoms with E-state index in [0.29, 0.717) is 37.0 Å². The van der Waals surface area contributed by atoms with E-state index in [1.165, 1.54) is 0 Å². The van der Waals surface area contributed by atoms with E-state index in [1.807, 2.05) is 0 Å². The summed E-state index contributed by atoms with van der Waals surface area (Å²) in [5.41, 5.74) is -3.10. The van der Waals surface area contributed by atoms with Gasteiger partial charge in [0.05, 0.1) is 5.41 Å². The van der Waals surface area contributed by atoms with Crippen molar-refractivity contribution >= 4 is 11.9 Å². The molecule has 0 aliphatic heterocycles. The Kier molecular flexibility index (Phi) is 3.31. The zero-order valence-corrected chi connectivity index (χ0v) is 12.9. The van der Waals surface area contributed by atoms with E-state index in [-0.39, 0.29) is 0 Å². The summed E-state index contributed by atoms with van der Waals surface area (Å²) in [5, 5.41) is 10.6. The Morgan fingerprint density at radius 1 is 1.05 bits per heavy atom. The Balaban J connectivity index is 1.79. The molecule has 6 heteroatoms. The van der Waals surface area contributed by atoms with Gasteiger partial charge in [-0.25, -0.2) is 0 Å². The number of alkyl halides is 2. The van der Waals surface area contributed by atoms with Gasteiger partial charge >= 0.3 is 11.9 Å². The van der Waals surface area contributed by atoms with Crippen molar-refractivity contribution < 1.29 is 28.2 Å². The summed E-state index contributed by atoms with van der Waals surface area (Å²) in [6.45, 7) is 1.86. The lowest BCUT2D eigenvalue weighted by atomic mass is 9.49. The molecular formula is C16H21F2O4-. The Bertz CT molecular complexity index is 477. The molecule has 4 saturated carbocycles. The molecule has 0 saturated heterocycles. The quantitative estimate of drug-likeness (QED) is 0.743. The summed E-state index contributed by atoms with van der Waals surface area (Å²) in [5.74, 6) is -5.96. The molecule has 0 heterocycles. The van der Waals surface area contributed by atoms with Gasteiger partial charge in [0.1, 0.15) is 5.97 Å². The molecule has 0 aromatic rings. The van der Waals surface area contributed by atoms with Crippen LogP contribution in [0.4, 0.5) is 8.78 Å². The van der Waals surface area contributed by atoms with Crippen molar-refractivity contribution in [2.45, 2.75) is 63.9 Å². The molecular weight excluding hydrogens is 294 g/mol. The second kappa shape index (κ2) is 4.65. The second-order valence-corrected chi connectivity index (χ2v) is 7.96. The van der Waals surface area contributed by atoms with Gasteiger partial charge in [-0.05, 0) is 70.1 Å². The van der Waals surface area contributed by atoms with Crippen LogP contribution in [0.25, 0.3) is 0 Å². The van der Waals surface area contributed by atoms with Gasteiger partial charge in [0, 0.05) is 0 Å². The van der Waals surface area contributed by atoms with Crippen LogP contribution in [0.15, 0.2) is 0 Å². The highest BCUT2D eigenvalue weighted by Gasteiger charge is 2.59. The van der Waals surface area contributed by atoms with Gasteiger partial charge in [0.25, 0.3) is 0 Å². The number of esters is 1. The zero-order chi connectivity index (χ0) is 16.3. The van der Waals surface area contributed by atoms with Crippen molar-refractivity contribution in [3.05, 3.63) is 0 Å². The van der Waals surface area contributed by atoms with Crippen molar-refractivity contribution in [2.75, 3.05) is 0 Å². The number of hydrogen-bond acceptors (Lipinski definition) is 4. The smallest absolute Gasteiger partial charge is 0.325 e. The summed E-state index contributed by atoms with van der Waals surface area (Å²) >= 11 is 0. The second-order valence-electron chi connectivity index (χ2n) is 7.96. The molecule has 4 aliphatic rings. The Labute approximate surface area is 128 Å². The maximum atomic E-state index is 13.7. The first-order valence-electron chi connectivity index (χ1n) is 7.88. The highest BCUT2D eigenvalue weighted by atomic mass is 19.3. The topological polar surface area (TPSA) is 66.4 Å². The lowest BCUT2D eigenvalue weighted by molar-refractivity contribution is -0.342. The fourth-order valence-corrected chi connectivity index (χ4v) is 5.01. The van der Waals surface area contributed by atoms with E-state index >= 15 is 0 Å². The van der Waals surface area contributed by atoms with Crippen LogP contribution in [-0.4, -0.2) is 23.5 Å². The van der Waals surface area contributed by atoms with Gasteiger partial charge in [0.2, 0.25) is 0 Å². The molecule has 0 amide bonds. The fraction of sp³-hybridized carbons (Fsp3) is 0.875. The first-order valence-corrected chi connectivity index (χ1v) is 7.88. The number of carboxylic acids is 1. The van der Waals surface area contributed by atoms with Gasteiger partial charge in [-0.15, -0.1) is 0 Å². The highest BCUT2D eigenvalue weighted by Crippen LogP contribution is 2.60. The van der Waals surface area contributed by atoms with Crippen LogP contribution in [0, 0.1) is 23.2 Å². The van der Waals surface area contributed by atoms with Gasteiger partial charge in [-0.2, -0.15) is 8.78 Å². The molecule has 4 fully saturated rings. The van der Waals surface area contributed by atoms with Crippen LogP contribution in [0.1, 0.15) is 52.4 Å². The number of carbonyl (C=O) groups is 2. The maximum absolute atomic E-state index is 13.7. The van der Waals surface area contributed by atoms with E-state index in [1.54, 1.807) is 0 Å². The van der Waals surface area contributed by atoms with Crippen LogP contribution < -0.4 is 5.11 Å². The number of carboxylic acid groups (broad SMARTS) is 1. The predicted octanol–water partition coefficient (Wildman–Crippen LogP) is 1.91. The van der Waals surface area contributed by atoms with Crippen LogP contribution in [-0.2, 0) is 14.3 Å². The van der Waals surface area contributed by atoms with E-state index in [2.05, 4.69) is 0 Å². The average Bonchev–Trinajstić information content (AvgIpc) is 2.35. The molecule has 22 heavy (non-hydrogen) atoms. The SMILES string of the molecule is CC(C)(OC(=O)C12CC3CC(CC(C3)C1)C2)C(F)(F)C(=O)[O-]. The van der Waals surface area contributed by atoms with E-state index in [0.717, 1.165) is 33.1 Å². The normalized spacial score (nSPS) is 37.2. The largest absolute Gasteiger partial charge is 0.544 e. The molecule has 124 valence electrons. The molecule has 4 bridgehead atoms. The van der Waals surface area contributed by atoms with E-state index in [4.69, 9.17) is 4.74 Å². The van der Waals surface area contributed by atoms with E-state index < -0.39 is 28.9 Å². The monoisotopic (exact) mass is 315 g/mol. The van der Waals surface area contributed by atoms with Crippen LogP contribution in [0.2, 0.25) is 0 Å².